The molecule has 0 aliphatic carbocycles. The number of Topliss-reactive ketones (excluding diaryl/α,β-unsaturated/α-hetero) is 1. The molecule has 3 aromatic carbocycles. The van der Waals surface area contributed by atoms with Gasteiger partial charge in [0.15, 0.2) is 5.78 Å². The molecule has 0 amide bonds. The molecule has 4 aromatic rings. The number of alkyl halides is 6. The highest BCUT2D eigenvalue weighted by atomic mass is 19.4. The Hall–Kier alpha value is -3.63. The first-order valence-corrected chi connectivity index (χ1v) is 13.4. The molecule has 10 heteroatoms. The number of para-hydroxylation sites is 1. The molecule has 2 N–H and O–H groups in total. The molecule has 1 saturated heterocycles. The van der Waals surface area contributed by atoms with Crippen molar-refractivity contribution in [2.75, 3.05) is 26.2 Å². The van der Waals surface area contributed by atoms with E-state index in [1.165, 1.54) is 0 Å². The van der Waals surface area contributed by atoms with Crippen molar-refractivity contribution >= 4 is 16.7 Å². The molecule has 1 aliphatic rings. The van der Waals surface area contributed by atoms with E-state index >= 15 is 0 Å². The molecule has 1 aromatic heterocycles. The van der Waals surface area contributed by atoms with Gasteiger partial charge in [-0.3, -0.25) is 9.69 Å². The predicted molar refractivity (Wildman–Crippen MR) is 145 cm³/mol. The number of H-pyrrole nitrogens is 1. The summed E-state index contributed by atoms with van der Waals surface area (Å²) in [5, 5.41) is 4.16. The Kier molecular flexibility index (Phi) is 8.24. The summed E-state index contributed by atoms with van der Waals surface area (Å²) in [4.78, 5) is 19.3. The van der Waals surface area contributed by atoms with E-state index in [0.717, 1.165) is 22.0 Å². The van der Waals surface area contributed by atoms with Gasteiger partial charge in [0.25, 0.3) is 0 Å². The quantitative estimate of drug-likeness (QED) is 0.181. The number of carbonyl (C=O) groups excluding carboxylic acids is 1. The molecule has 41 heavy (non-hydrogen) atoms. The Morgan fingerprint density at radius 3 is 2.05 bits per heavy atom. The van der Waals surface area contributed by atoms with Gasteiger partial charge in [0, 0.05) is 48.8 Å². The third kappa shape index (κ3) is 6.65. The van der Waals surface area contributed by atoms with Gasteiger partial charge in [-0.15, -0.1) is 0 Å². The van der Waals surface area contributed by atoms with E-state index in [-0.39, 0.29) is 6.07 Å². The van der Waals surface area contributed by atoms with Crippen molar-refractivity contribution < 1.29 is 31.1 Å². The SMILES string of the molecule is O=C(c1cc(C(F)(F)F)cc(C(F)(F)F)c1)C(C(Cc1ccccc1)Cc1c[nH]c2ccccc12)N1CCNCC1. The van der Waals surface area contributed by atoms with Crippen molar-refractivity contribution in [1.29, 1.82) is 0 Å². The Morgan fingerprint density at radius 1 is 0.805 bits per heavy atom. The number of hydrogen-bond donors (Lipinski definition) is 2. The fraction of sp³-hybridized carbons (Fsp3) is 0.323. The fourth-order valence-electron chi connectivity index (χ4n) is 5.70. The zero-order chi connectivity index (χ0) is 29.2. The van der Waals surface area contributed by atoms with Gasteiger partial charge in [-0.2, -0.15) is 26.3 Å². The molecular weight excluding hydrogens is 544 g/mol. The van der Waals surface area contributed by atoms with Crippen LogP contribution in [0.2, 0.25) is 0 Å². The topological polar surface area (TPSA) is 48.1 Å². The zero-order valence-electron chi connectivity index (χ0n) is 22.0. The van der Waals surface area contributed by atoms with Gasteiger partial charge in [0.2, 0.25) is 0 Å². The van der Waals surface area contributed by atoms with Crippen LogP contribution in [-0.4, -0.2) is 47.9 Å². The Morgan fingerprint density at radius 2 is 1.41 bits per heavy atom. The summed E-state index contributed by atoms with van der Waals surface area (Å²) in [6, 6.07) is 17.3. The van der Waals surface area contributed by atoms with Crippen LogP contribution < -0.4 is 5.32 Å². The second-order valence-corrected chi connectivity index (χ2v) is 10.4. The first-order valence-electron chi connectivity index (χ1n) is 13.4. The molecule has 0 bridgehead atoms. The van der Waals surface area contributed by atoms with Crippen molar-refractivity contribution in [2.24, 2.45) is 5.92 Å². The van der Waals surface area contributed by atoms with E-state index in [1.807, 2.05) is 65.7 Å². The molecule has 2 atom stereocenters. The van der Waals surface area contributed by atoms with E-state index in [2.05, 4.69) is 10.3 Å². The molecule has 1 aliphatic heterocycles. The number of aromatic amines is 1. The van der Waals surface area contributed by atoms with Crippen LogP contribution in [0, 0.1) is 5.92 Å². The number of nitrogens with one attached hydrogen (secondary N) is 2. The van der Waals surface area contributed by atoms with Gasteiger partial charge < -0.3 is 10.3 Å². The van der Waals surface area contributed by atoms with Crippen LogP contribution in [0.4, 0.5) is 26.3 Å². The summed E-state index contributed by atoms with van der Waals surface area (Å²) in [7, 11) is 0. The Labute approximate surface area is 233 Å². The maximum atomic E-state index is 14.2. The summed E-state index contributed by atoms with van der Waals surface area (Å²) in [6.07, 6.45) is -7.44. The van der Waals surface area contributed by atoms with Gasteiger partial charge in [-0.05, 0) is 54.2 Å². The number of hydrogen-bond acceptors (Lipinski definition) is 3. The average Bonchev–Trinajstić information content (AvgIpc) is 3.36. The minimum atomic E-state index is -5.05. The van der Waals surface area contributed by atoms with Crippen molar-refractivity contribution in [3.8, 4) is 0 Å². The highest BCUT2D eigenvalue weighted by Gasteiger charge is 2.40. The van der Waals surface area contributed by atoms with Gasteiger partial charge in [-0.1, -0.05) is 48.5 Å². The van der Waals surface area contributed by atoms with E-state index in [0.29, 0.717) is 51.2 Å². The van der Waals surface area contributed by atoms with Gasteiger partial charge in [-0.25, -0.2) is 0 Å². The summed E-state index contributed by atoms with van der Waals surface area (Å²) < 4.78 is 82.2. The number of benzene rings is 3. The molecular formula is C31H29F6N3O. The summed E-state index contributed by atoms with van der Waals surface area (Å²) in [6.45, 7) is 1.96. The summed E-state index contributed by atoms with van der Waals surface area (Å²) in [5.74, 6) is -1.18. The molecule has 5 rings (SSSR count). The van der Waals surface area contributed by atoms with E-state index in [4.69, 9.17) is 0 Å². The van der Waals surface area contributed by atoms with Crippen LogP contribution in [-0.2, 0) is 25.2 Å². The fourth-order valence-corrected chi connectivity index (χ4v) is 5.70. The van der Waals surface area contributed by atoms with Crippen LogP contribution in [0.25, 0.3) is 10.9 Å². The number of rotatable bonds is 8. The van der Waals surface area contributed by atoms with E-state index in [9.17, 15) is 31.1 Å². The third-order valence-corrected chi connectivity index (χ3v) is 7.63. The van der Waals surface area contributed by atoms with Crippen molar-refractivity contribution in [3.63, 3.8) is 0 Å². The lowest BCUT2D eigenvalue weighted by Gasteiger charge is -2.39. The van der Waals surface area contributed by atoms with Crippen LogP contribution >= 0.6 is 0 Å². The third-order valence-electron chi connectivity index (χ3n) is 7.63. The molecule has 216 valence electrons. The number of halogens is 6. The van der Waals surface area contributed by atoms with Crippen molar-refractivity contribution in [2.45, 2.75) is 31.2 Å². The van der Waals surface area contributed by atoms with Crippen molar-refractivity contribution in [3.05, 3.63) is 107 Å². The molecule has 0 radical (unpaired) electrons. The maximum Gasteiger partial charge on any atom is 0.416 e. The van der Waals surface area contributed by atoms with E-state index < -0.39 is 46.8 Å². The molecule has 0 spiro atoms. The lowest BCUT2D eigenvalue weighted by atomic mass is 9.81. The Bertz CT molecular complexity index is 1460. The second-order valence-electron chi connectivity index (χ2n) is 10.4. The average molecular weight is 574 g/mol. The summed E-state index contributed by atoms with van der Waals surface area (Å²) >= 11 is 0. The number of piperazine rings is 1. The zero-order valence-corrected chi connectivity index (χ0v) is 22.0. The number of fused-ring (bicyclic) bond motifs is 1. The van der Waals surface area contributed by atoms with E-state index in [1.54, 1.807) is 0 Å². The second kappa shape index (κ2) is 11.7. The normalized spacial score (nSPS) is 16.5. The largest absolute Gasteiger partial charge is 0.416 e. The van der Waals surface area contributed by atoms with Gasteiger partial charge >= 0.3 is 12.4 Å². The standard InChI is InChI=1S/C31H29F6N3O/c32-30(33,34)24-16-22(17-25(18-24)31(35,36)37)29(41)28(40-12-10-38-11-13-40)21(14-20-6-2-1-3-7-20)15-23-19-39-27-9-5-4-8-26(23)27/h1-9,16-19,21,28,38-39H,10-15H2. The molecule has 0 saturated carbocycles. The monoisotopic (exact) mass is 573 g/mol. The first kappa shape index (κ1) is 28.9. The summed E-state index contributed by atoms with van der Waals surface area (Å²) in [5.41, 5.74) is -0.830. The molecule has 1 fully saturated rings. The number of nitrogens with zero attached hydrogens (tertiary/aromatic N) is 1. The van der Waals surface area contributed by atoms with Crippen molar-refractivity contribution in [1.82, 2.24) is 15.2 Å². The molecule has 2 unspecified atom stereocenters. The highest BCUT2D eigenvalue weighted by molar-refractivity contribution is 6.01. The van der Waals surface area contributed by atoms with Crippen LogP contribution in [0.15, 0.2) is 79.0 Å². The predicted octanol–water partition coefficient (Wildman–Crippen LogP) is 6.76. The van der Waals surface area contributed by atoms with Crippen LogP contribution in [0.5, 0.6) is 0 Å². The number of aromatic nitrogens is 1. The maximum absolute atomic E-state index is 14.2. The lowest BCUT2D eigenvalue weighted by molar-refractivity contribution is -0.143. The van der Waals surface area contributed by atoms with Crippen LogP contribution in [0.1, 0.15) is 32.6 Å². The van der Waals surface area contributed by atoms with Gasteiger partial charge in [0.1, 0.15) is 0 Å². The Balaban J connectivity index is 1.62. The molecule has 4 nitrogen and oxygen atoms in total. The van der Waals surface area contributed by atoms with Crippen LogP contribution in [0.3, 0.4) is 0 Å². The highest BCUT2D eigenvalue weighted by Crippen LogP contribution is 2.37. The smallest absolute Gasteiger partial charge is 0.361 e. The first-order chi connectivity index (χ1) is 19.5. The van der Waals surface area contributed by atoms with Gasteiger partial charge in [0.05, 0.1) is 17.2 Å². The number of ketones is 1. The lowest BCUT2D eigenvalue weighted by Crippen LogP contribution is -2.54. The number of carbonyl (C=O) groups is 1. The minimum absolute atomic E-state index is 0.0595. The molecule has 2 heterocycles. The minimum Gasteiger partial charge on any atom is -0.361 e.